The first-order chi connectivity index (χ1) is 8.04. The normalized spacial score (nSPS) is 10.3. The fourth-order valence-electron chi connectivity index (χ4n) is 1.19. The molecule has 3 N–H and O–H groups in total. The molecule has 2 aromatic rings. The molecule has 4 nitrogen and oxygen atoms in total. The average Bonchev–Trinajstić information content (AvgIpc) is 2.22. The maximum absolute atomic E-state index is 13.3. The van der Waals surface area contributed by atoms with Gasteiger partial charge in [0.15, 0.2) is 0 Å². The number of hydrogen-bond acceptors (Lipinski definition) is 4. The summed E-state index contributed by atoms with van der Waals surface area (Å²) < 4.78 is 14.2. The summed E-state index contributed by atoms with van der Waals surface area (Å²) in [5.74, 6) is 0.267. The molecule has 0 fully saturated rings. The predicted molar refractivity (Wildman–Crippen MR) is 71.5 cm³/mol. The van der Waals surface area contributed by atoms with E-state index in [2.05, 4.69) is 47.1 Å². The van der Waals surface area contributed by atoms with Gasteiger partial charge in [0, 0.05) is 11.8 Å². The molecule has 0 radical (unpaired) electrons. The Bertz CT molecular complexity index is 542. The molecule has 0 unspecified atom stereocenters. The van der Waals surface area contributed by atoms with Crippen LogP contribution in [0.4, 0.5) is 21.8 Å². The van der Waals surface area contributed by atoms with Crippen LogP contribution in [-0.4, -0.2) is 9.97 Å². The van der Waals surface area contributed by atoms with Gasteiger partial charge >= 0.3 is 0 Å². The number of hydrogen-bond donors (Lipinski definition) is 2. The van der Waals surface area contributed by atoms with Gasteiger partial charge in [-0.05, 0) is 50.1 Å². The number of halogens is 3. The minimum absolute atomic E-state index is 0.304. The maximum atomic E-state index is 13.3. The third kappa shape index (κ3) is 3.13. The lowest BCUT2D eigenvalue weighted by molar-refractivity contribution is 0.622. The molecular formula is C10H7Br2FN4. The van der Waals surface area contributed by atoms with Gasteiger partial charge in [0.2, 0.25) is 5.95 Å². The molecule has 0 saturated carbocycles. The van der Waals surface area contributed by atoms with Crippen LogP contribution in [0.25, 0.3) is 0 Å². The number of rotatable bonds is 2. The summed E-state index contributed by atoms with van der Waals surface area (Å²) in [4.78, 5) is 8.03. The third-order valence-corrected chi connectivity index (χ3v) is 2.94. The Morgan fingerprint density at radius 1 is 1.18 bits per heavy atom. The molecule has 1 aromatic carbocycles. The number of nitrogens with zero attached hydrogens (tertiary/aromatic N) is 2. The van der Waals surface area contributed by atoms with Gasteiger partial charge in [0.05, 0.1) is 4.47 Å². The first-order valence-corrected chi connectivity index (χ1v) is 6.15. The summed E-state index contributed by atoms with van der Waals surface area (Å²) in [5, 5.41) is 2.86. The van der Waals surface area contributed by atoms with Gasteiger partial charge in [0.1, 0.15) is 16.2 Å². The van der Waals surface area contributed by atoms with Crippen molar-refractivity contribution in [1.29, 1.82) is 0 Å². The van der Waals surface area contributed by atoms with Crippen molar-refractivity contribution in [2.75, 3.05) is 11.1 Å². The Hall–Kier alpha value is -1.21. The first-order valence-electron chi connectivity index (χ1n) is 4.57. The zero-order valence-corrected chi connectivity index (χ0v) is 11.6. The molecular weight excluding hydrogens is 355 g/mol. The second-order valence-electron chi connectivity index (χ2n) is 3.19. The number of anilines is 3. The van der Waals surface area contributed by atoms with E-state index in [-0.39, 0.29) is 5.82 Å². The minimum atomic E-state index is -0.363. The highest BCUT2D eigenvalue weighted by molar-refractivity contribution is 9.10. The molecule has 0 atom stereocenters. The number of nitrogens with one attached hydrogen (secondary N) is 1. The zero-order chi connectivity index (χ0) is 12.4. The first kappa shape index (κ1) is 12.3. The molecule has 7 heteroatoms. The van der Waals surface area contributed by atoms with Crippen LogP contribution in [0.1, 0.15) is 0 Å². The highest BCUT2D eigenvalue weighted by Gasteiger charge is 2.04. The lowest BCUT2D eigenvalue weighted by Gasteiger charge is -2.06. The lowest BCUT2D eigenvalue weighted by atomic mass is 10.3. The summed E-state index contributed by atoms with van der Waals surface area (Å²) in [6.07, 6.45) is 0. The second-order valence-corrected chi connectivity index (χ2v) is 4.86. The predicted octanol–water partition coefficient (Wildman–Crippen LogP) is 3.47. The van der Waals surface area contributed by atoms with Crippen LogP contribution in [0.15, 0.2) is 33.3 Å². The molecule has 0 amide bonds. The molecule has 0 aliphatic heterocycles. The molecule has 0 aliphatic carbocycles. The van der Waals surface area contributed by atoms with Gasteiger partial charge in [-0.2, -0.15) is 4.98 Å². The van der Waals surface area contributed by atoms with Crippen LogP contribution in [0.3, 0.4) is 0 Å². The molecule has 2 rings (SSSR count). The number of aromatic nitrogens is 2. The van der Waals surface area contributed by atoms with Crippen molar-refractivity contribution in [3.05, 3.63) is 39.2 Å². The highest BCUT2D eigenvalue weighted by Crippen LogP contribution is 2.22. The Morgan fingerprint density at radius 3 is 2.59 bits per heavy atom. The quantitative estimate of drug-likeness (QED) is 0.804. The third-order valence-electron chi connectivity index (χ3n) is 1.89. The lowest BCUT2D eigenvalue weighted by Crippen LogP contribution is -2.00. The van der Waals surface area contributed by atoms with Crippen molar-refractivity contribution >= 4 is 49.3 Å². The van der Waals surface area contributed by atoms with Crippen LogP contribution in [0.2, 0.25) is 0 Å². The van der Waals surface area contributed by atoms with Gasteiger partial charge in [-0.1, -0.05) is 0 Å². The summed E-state index contributed by atoms with van der Waals surface area (Å²) in [6.45, 7) is 0. The Kier molecular flexibility index (Phi) is 3.58. The molecule has 0 spiro atoms. The fraction of sp³-hybridized carbons (Fsp3) is 0. The Labute approximate surface area is 114 Å². The van der Waals surface area contributed by atoms with E-state index in [1.165, 1.54) is 6.07 Å². The molecule has 0 bridgehead atoms. The molecule has 1 heterocycles. The van der Waals surface area contributed by atoms with Gasteiger partial charge < -0.3 is 11.1 Å². The van der Waals surface area contributed by atoms with Crippen molar-refractivity contribution < 1.29 is 4.39 Å². The Balaban J connectivity index is 2.28. The van der Waals surface area contributed by atoms with Crippen LogP contribution < -0.4 is 11.1 Å². The standard InChI is InChI=1S/C10H7Br2FN4/c11-6-2-1-5(3-7(6)13)15-10-16-8(12)4-9(14)17-10/h1-4H,(H3,14,15,16,17). The topological polar surface area (TPSA) is 63.8 Å². The van der Waals surface area contributed by atoms with Gasteiger partial charge in [-0.15, -0.1) is 0 Å². The molecule has 88 valence electrons. The van der Waals surface area contributed by atoms with Crippen molar-refractivity contribution in [3.63, 3.8) is 0 Å². The van der Waals surface area contributed by atoms with E-state index < -0.39 is 0 Å². The smallest absolute Gasteiger partial charge is 0.230 e. The van der Waals surface area contributed by atoms with E-state index in [0.29, 0.717) is 26.5 Å². The largest absolute Gasteiger partial charge is 0.383 e. The zero-order valence-electron chi connectivity index (χ0n) is 8.42. The molecule has 17 heavy (non-hydrogen) atoms. The van der Waals surface area contributed by atoms with Crippen LogP contribution >= 0.6 is 31.9 Å². The van der Waals surface area contributed by atoms with Gasteiger partial charge in [0.25, 0.3) is 0 Å². The second kappa shape index (κ2) is 4.97. The fourth-order valence-corrected chi connectivity index (χ4v) is 1.84. The minimum Gasteiger partial charge on any atom is -0.383 e. The SMILES string of the molecule is Nc1cc(Br)nc(Nc2ccc(Br)c(F)c2)n1. The van der Waals surface area contributed by atoms with Crippen LogP contribution in [0.5, 0.6) is 0 Å². The average molecular weight is 362 g/mol. The van der Waals surface area contributed by atoms with Gasteiger partial charge in [-0.25, -0.2) is 9.37 Å². The monoisotopic (exact) mass is 360 g/mol. The van der Waals surface area contributed by atoms with E-state index in [1.807, 2.05) is 0 Å². The Morgan fingerprint density at radius 2 is 1.94 bits per heavy atom. The van der Waals surface area contributed by atoms with E-state index in [1.54, 1.807) is 18.2 Å². The number of nitrogens with two attached hydrogens (primary N) is 1. The number of nitrogen functional groups attached to an aromatic ring is 1. The summed E-state index contributed by atoms with van der Waals surface area (Å²) in [7, 11) is 0. The van der Waals surface area contributed by atoms with E-state index in [0.717, 1.165) is 0 Å². The van der Waals surface area contributed by atoms with Crippen molar-refractivity contribution in [3.8, 4) is 0 Å². The molecule has 0 saturated heterocycles. The summed E-state index contributed by atoms with van der Waals surface area (Å²) in [5.41, 5.74) is 6.11. The van der Waals surface area contributed by atoms with Crippen molar-refractivity contribution in [2.24, 2.45) is 0 Å². The van der Waals surface area contributed by atoms with Crippen LogP contribution in [0, 0.1) is 5.82 Å². The van der Waals surface area contributed by atoms with Crippen molar-refractivity contribution in [1.82, 2.24) is 9.97 Å². The highest BCUT2D eigenvalue weighted by atomic mass is 79.9. The van der Waals surface area contributed by atoms with Crippen molar-refractivity contribution in [2.45, 2.75) is 0 Å². The molecule has 1 aromatic heterocycles. The van der Waals surface area contributed by atoms with E-state index >= 15 is 0 Å². The summed E-state index contributed by atoms with van der Waals surface area (Å²) >= 11 is 6.28. The van der Waals surface area contributed by atoms with E-state index in [9.17, 15) is 4.39 Å². The van der Waals surface area contributed by atoms with Crippen LogP contribution in [-0.2, 0) is 0 Å². The number of benzene rings is 1. The summed E-state index contributed by atoms with van der Waals surface area (Å²) in [6, 6.07) is 6.21. The van der Waals surface area contributed by atoms with E-state index in [4.69, 9.17) is 5.73 Å². The molecule has 0 aliphatic rings. The maximum Gasteiger partial charge on any atom is 0.230 e. The van der Waals surface area contributed by atoms with Gasteiger partial charge in [-0.3, -0.25) is 0 Å².